The minimum atomic E-state index is -3.49. The molecular weight excluding hydrogens is 324 g/mol. The van der Waals surface area contributed by atoms with Crippen molar-refractivity contribution in [1.82, 2.24) is 4.72 Å². The van der Waals surface area contributed by atoms with Crippen LogP contribution < -0.4 is 10.0 Å². The zero-order chi connectivity index (χ0) is 17.3. The Bertz CT molecular complexity index is 870. The van der Waals surface area contributed by atoms with Crippen molar-refractivity contribution in [2.24, 2.45) is 0 Å². The Morgan fingerprint density at radius 2 is 1.67 bits per heavy atom. The number of hydrogen-bond acceptors (Lipinski definition) is 3. The average Bonchev–Trinajstić information content (AvgIpc) is 3.34. The van der Waals surface area contributed by atoms with E-state index in [2.05, 4.69) is 10.0 Å². The number of benzene rings is 2. The Morgan fingerprint density at radius 3 is 2.25 bits per heavy atom. The highest BCUT2D eigenvalue weighted by Gasteiger charge is 2.27. The fourth-order valence-corrected chi connectivity index (χ4v) is 3.60. The van der Waals surface area contributed by atoms with Gasteiger partial charge in [0, 0.05) is 17.3 Å². The van der Waals surface area contributed by atoms with Crippen LogP contribution in [0.3, 0.4) is 0 Å². The maximum atomic E-state index is 12.3. The Hall–Kier alpha value is -2.18. The average molecular weight is 344 g/mol. The van der Waals surface area contributed by atoms with Gasteiger partial charge in [0.15, 0.2) is 0 Å². The molecule has 3 rings (SSSR count). The monoisotopic (exact) mass is 344 g/mol. The predicted molar refractivity (Wildman–Crippen MR) is 93.7 cm³/mol. The van der Waals surface area contributed by atoms with Gasteiger partial charge in [-0.05, 0) is 74.2 Å². The van der Waals surface area contributed by atoms with Crippen molar-refractivity contribution in [3.8, 4) is 0 Å². The molecule has 5 nitrogen and oxygen atoms in total. The first-order valence-electron chi connectivity index (χ1n) is 7.86. The Balaban J connectivity index is 1.72. The largest absolute Gasteiger partial charge is 0.322 e. The summed E-state index contributed by atoms with van der Waals surface area (Å²) in [6, 6.07) is 11.7. The van der Waals surface area contributed by atoms with Crippen LogP contribution in [-0.2, 0) is 10.0 Å². The zero-order valence-electron chi connectivity index (χ0n) is 13.7. The summed E-state index contributed by atoms with van der Waals surface area (Å²) >= 11 is 0. The summed E-state index contributed by atoms with van der Waals surface area (Å²) < 4.78 is 26.8. The molecule has 0 bridgehead atoms. The van der Waals surface area contributed by atoms with Gasteiger partial charge >= 0.3 is 0 Å². The van der Waals surface area contributed by atoms with Crippen molar-refractivity contribution in [1.29, 1.82) is 0 Å². The van der Waals surface area contributed by atoms with E-state index in [1.54, 1.807) is 0 Å². The second-order valence-electron chi connectivity index (χ2n) is 6.17. The van der Waals surface area contributed by atoms with Crippen LogP contribution >= 0.6 is 0 Å². The lowest BCUT2D eigenvalue weighted by molar-refractivity contribution is 0.102. The first kappa shape index (κ1) is 16.7. The summed E-state index contributed by atoms with van der Waals surface area (Å²) in [4.78, 5) is 12.5. The zero-order valence-corrected chi connectivity index (χ0v) is 14.5. The van der Waals surface area contributed by atoms with Gasteiger partial charge in [0.05, 0.1) is 4.90 Å². The lowest BCUT2D eigenvalue weighted by Gasteiger charge is -2.09. The molecule has 24 heavy (non-hydrogen) atoms. The molecule has 0 radical (unpaired) electrons. The van der Waals surface area contributed by atoms with E-state index in [0.717, 1.165) is 29.7 Å². The highest BCUT2D eigenvalue weighted by molar-refractivity contribution is 7.89. The molecule has 2 aromatic rings. The topological polar surface area (TPSA) is 75.3 Å². The van der Waals surface area contributed by atoms with E-state index in [-0.39, 0.29) is 16.8 Å². The third-order valence-electron chi connectivity index (χ3n) is 4.09. The molecule has 1 amide bonds. The summed E-state index contributed by atoms with van der Waals surface area (Å²) in [7, 11) is -3.49. The van der Waals surface area contributed by atoms with Gasteiger partial charge in [0.2, 0.25) is 10.0 Å². The van der Waals surface area contributed by atoms with Crippen molar-refractivity contribution in [3.63, 3.8) is 0 Å². The van der Waals surface area contributed by atoms with E-state index in [0.29, 0.717) is 5.56 Å². The highest BCUT2D eigenvalue weighted by atomic mass is 32.2. The van der Waals surface area contributed by atoms with Crippen LogP contribution in [0.1, 0.15) is 34.3 Å². The summed E-state index contributed by atoms with van der Waals surface area (Å²) in [6.45, 7) is 3.99. The minimum absolute atomic E-state index is 0.0581. The molecule has 1 aliphatic carbocycles. The number of aryl methyl sites for hydroxylation is 2. The fraction of sp³-hybridized carbons (Fsp3) is 0.278. The van der Waals surface area contributed by atoms with Gasteiger partial charge in [-0.25, -0.2) is 13.1 Å². The van der Waals surface area contributed by atoms with E-state index in [9.17, 15) is 13.2 Å². The molecule has 1 fully saturated rings. The van der Waals surface area contributed by atoms with Crippen molar-refractivity contribution in [3.05, 3.63) is 59.2 Å². The van der Waals surface area contributed by atoms with Crippen LogP contribution in [0, 0.1) is 13.8 Å². The molecule has 126 valence electrons. The van der Waals surface area contributed by atoms with Gasteiger partial charge in [-0.1, -0.05) is 6.07 Å². The number of carbonyl (C=O) groups excluding carboxylic acids is 1. The molecular formula is C18H20N2O3S. The lowest BCUT2D eigenvalue weighted by atomic mass is 10.1. The second kappa shape index (κ2) is 6.37. The van der Waals surface area contributed by atoms with E-state index in [4.69, 9.17) is 0 Å². The van der Waals surface area contributed by atoms with Crippen molar-refractivity contribution >= 4 is 21.6 Å². The highest BCUT2D eigenvalue weighted by Crippen LogP contribution is 2.22. The molecule has 1 saturated carbocycles. The fourth-order valence-electron chi connectivity index (χ4n) is 2.30. The van der Waals surface area contributed by atoms with E-state index in [1.165, 1.54) is 24.3 Å². The Kier molecular flexibility index (Phi) is 4.43. The minimum Gasteiger partial charge on any atom is -0.322 e. The van der Waals surface area contributed by atoms with E-state index in [1.807, 2.05) is 32.0 Å². The summed E-state index contributed by atoms with van der Waals surface area (Å²) in [6.07, 6.45) is 1.77. The van der Waals surface area contributed by atoms with Gasteiger partial charge in [-0.3, -0.25) is 4.79 Å². The number of anilines is 1. The Morgan fingerprint density at radius 1 is 1.00 bits per heavy atom. The van der Waals surface area contributed by atoms with E-state index < -0.39 is 10.0 Å². The van der Waals surface area contributed by atoms with Gasteiger partial charge in [0.1, 0.15) is 0 Å². The lowest BCUT2D eigenvalue weighted by Crippen LogP contribution is -2.25. The van der Waals surface area contributed by atoms with Crippen LogP contribution in [0.2, 0.25) is 0 Å². The Labute approximate surface area is 142 Å². The van der Waals surface area contributed by atoms with E-state index >= 15 is 0 Å². The molecule has 0 saturated heterocycles. The molecule has 1 aliphatic rings. The molecule has 0 aromatic heterocycles. The molecule has 0 spiro atoms. The van der Waals surface area contributed by atoms with Crippen LogP contribution in [0.5, 0.6) is 0 Å². The summed E-state index contributed by atoms with van der Waals surface area (Å²) in [5.74, 6) is -0.266. The van der Waals surface area contributed by atoms with Gasteiger partial charge in [-0.2, -0.15) is 0 Å². The molecule has 2 aromatic carbocycles. The number of amides is 1. The molecule has 6 heteroatoms. The standard InChI is InChI=1S/C18H20N2O3S/c1-12-3-6-16(11-13(12)2)19-18(21)14-4-9-17(10-5-14)24(22,23)20-15-7-8-15/h3-6,9-11,15,20H,7-8H2,1-2H3,(H,19,21). The molecule has 2 N–H and O–H groups in total. The summed E-state index contributed by atoms with van der Waals surface area (Å²) in [5, 5.41) is 2.82. The predicted octanol–water partition coefficient (Wildman–Crippen LogP) is 3.00. The van der Waals surface area contributed by atoms with Gasteiger partial charge < -0.3 is 5.32 Å². The normalized spacial score (nSPS) is 14.4. The number of nitrogens with one attached hydrogen (secondary N) is 2. The van der Waals surface area contributed by atoms with Crippen molar-refractivity contribution in [2.45, 2.75) is 37.6 Å². The van der Waals surface area contributed by atoms with Gasteiger partial charge in [-0.15, -0.1) is 0 Å². The number of carbonyl (C=O) groups is 1. The SMILES string of the molecule is Cc1ccc(NC(=O)c2ccc(S(=O)(=O)NC3CC3)cc2)cc1C. The first-order valence-corrected chi connectivity index (χ1v) is 9.34. The maximum Gasteiger partial charge on any atom is 0.255 e. The quantitative estimate of drug-likeness (QED) is 0.875. The molecule has 0 unspecified atom stereocenters. The number of hydrogen-bond donors (Lipinski definition) is 2. The molecule has 0 heterocycles. The van der Waals surface area contributed by atoms with Crippen LogP contribution in [-0.4, -0.2) is 20.4 Å². The smallest absolute Gasteiger partial charge is 0.255 e. The maximum absolute atomic E-state index is 12.3. The summed E-state index contributed by atoms with van der Waals surface area (Å²) in [5.41, 5.74) is 3.39. The third-order valence-corrected chi connectivity index (χ3v) is 5.63. The van der Waals surface area contributed by atoms with Crippen molar-refractivity contribution < 1.29 is 13.2 Å². The second-order valence-corrected chi connectivity index (χ2v) is 7.89. The van der Waals surface area contributed by atoms with Crippen LogP contribution in [0.4, 0.5) is 5.69 Å². The number of rotatable bonds is 5. The molecule has 0 atom stereocenters. The van der Waals surface area contributed by atoms with Crippen LogP contribution in [0.15, 0.2) is 47.4 Å². The van der Waals surface area contributed by atoms with Gasteiger partial charge in [0.25, 0.3) is 5.91 Å². The van der Waals surface area contributed by atoms with Crippen molar-refractivity contribution in [2.75, 3.05) is 5.32 Å². The third kappa shape index (κ3) is 3.83. The first-order chi connectivity index (χ1) is 11.3. The number of sulfonamides is 1. The van der Waals surface area contributed by atoms with Crippen LogP contribution in [0.25, 0.3) is 0 Å². The molecule has 0 aliphatic heterocycles.